The highest BCUT2D eigenvalue weighted by Gasteiger charge is 2.26. The number of anilines is 1. The first-order valence-corrected chi connectivity index (χ1v) is 12.0. The van der Waals surface area contributed by atoms with Crippen molar-refractivity contribution in [2.45, 2.75) is 25.4 Å². The monoisotopic (exact) mass is 496 g/mol. The fraction of sp³-hybridized carbons (Fsp3) is 0.458. The second kappa shape index (κ2) is 11.4. The highest BCUT2D eigenvalue weighted by Crippen LogP contribution is 2.15. The molecule has 192 valence electrons. The maximum Gasteiger partial charge on any atom is 0.354 e. The number of benzene rings is 1. The number of likely N-dealkylation sites (tertiary alicyclic amines) is 1. The summed E-state index contributed by atoms with van der Waals surface area (Å²) in [5.41, 5.74) is 6.93. The number of aliphatic hydroxyl groups excluding tert-OH is 1. The molecular formula is C24H32N8O4. The summed E-state index contributed by atoms with van der Waals surface area (Å²) in [6, 6.07) is 9.19. The summed E-state index contributed by atoms with van der Waals surface area (Å²) in [7, 11) is 0. The van der Waals surface area contributed by atoms with Gasteiger partial charge in [0.25, 0.3) is 5.91 Å². The Morgan fingerprint density at radius 1 is 1.03 bits per heavy atom. The third-order valence-electron chi connectivity index (χ3n) is 6.56. The number of rotatable bonds is 6. The summed E-state index contributed by atoms with van der Waals surface area (Å²) in [4.78, 5) is 46.5. The van der Waals surface area contributed by atoms with Gasteiger partial charge in [0.1, 0.15) is 11.5 Å². The molecule has 1 aromatic heterocycles. The van der Waals surface area contributed by atoms with Crippen LogP contribution in [-0.4, -0.2) is 98.9 Å². The number of piperidine rings is 1. The van der Waals surface area contributed by atoms with Gasteiger partial charge < -0.3 is 20.6 Å². The molecule has 0 saturated carbocycles. The zero-order valence-electron chi connectivity index (χ0n) is 20.1. The Bertz CT molecular complexity index is 1150. The van der Waals surface area contributed by atoms with Crippen LogP contribution in [0, 0.1) is 5.41 Å². The number of piperazine rings is 1. The van der Waals surface area contributed by atoms with Crippen molar-refractivity contribution in [3.05, 3.63) is 52.6 Å². The maximum absolute atomic E-state index is 12.6. The smallest absolute Gasteiger partial charge is 0.354 e. The summed E-state index contributed by atoms with van der Waals surface area (Å²) in [6.45, 7) is 3.25. The van der Waals surface area contributed by atoms with E-state index in [4.69, 9.17) is 16.2 Å². The van der Waals surface area contributed by atoms with E-state index in [9.17, 15) is 14.4 Å². The number of carbonyl (C=O) groups is 2. The van der Waals surface area contributed by atoms with Gasteiger partial charge in [-0.1, -0.05) is 12.1 Å². The summed E-state index contributed by atoms with van der Waals surface area (Å²) in [6.07, 6.45) is 3.59. The van der Waals surface area contributed by atoms with Gasteiger partial charge in [-0.25, -0.2) is 9.59 Å². The molecular weight excluding hydrogens is 464 g/mol. The molecule has 12 heteroatoms. The van der Waals surface area contributed by atoms with Gasteiger partial charge >= 0.3 is 11.7 Å². The first-order valence-electron chi connectivity index (χ1n) is 12.0. The van der Waals surface area contributed by atoms with Gasteiger partial charge in [-0.15, -0.1) is 0 Å². The highest BCUT2D eigenvalue weighted by molar-refractivity contribution is 6.38. The second-order valence-corrected chi connectivity index (χ2v) is 9.09. The van der Waals surface area contributed by atoms with Crippen LogP contribution in [0.4, 0.5) is 10.6 Å². The van der Waals surface area contributed by atoms with Gasteiger partial charge in [-0.3, -0.25) is 25.0 Å². The van der Waals surface area contributed by atoms with Crippen LogP contribution in [0.1, 0.15) is 18.4 Å². The molecule has 36 heavy (non-hydrogen) atoms. The van der Waals surface area contributed by atoms with Crippen molar-refractivity contribution < 1.29 is 14.7 Å². The van der Waals surface area contributed by atoms with Crippen LogP contribution in [-0.2, 0) is 11.3 Å². The maximum atomic E-state index is 12.6. The average molecular weight is 497 g/mol. The normalized spacial score (nSPS) is 17.2. The molecule has 0 atom stereocenters. The Kier molecular flexibility index (Phi) is 8.08. The molecule has 2 fully saturated rings. The number of nitrogens with one attached hydrogen (secondary N) is 2. The first-order chi connectivity index (χ1) is 17.3. The summed E-state index contributed by atoms with van der Waals surface area (Å²) < 4.78 is 1.42. The van der Waals surface area contributed by atoms with Gasteiger partial charge in [0.15, 0.2) is 0 Å². The number of urea groups is 1. The lowest BCUT2D eigenvalue weighted by Crippen LogP contribution is -2.53. The number of carbonyl (C=O) groups excluding carboxylic acids is 2. The molecule has 0 bridgehead atoms. The Balaban J connectivity index is 1.32. The Morgan fingerprint density at radius 2 is 1.67 bits per heavy atom. The zero-order valence-corrected chi connectivity index (χ0v) is 20.1. The molecule has 3 heterocycles. The highest BCUT2D eigenvalue weighted by atomic mass is 16.3. The molecule has 5 N–H and O–H groups in total. The molecule has 0 unspecified atom stereocenters. The van der Waals surface area contributed by atoms with E-state index in [1.54, 1.807) is 12.3 Å². The topological polar surface area (TPSA) is 161 Å². The molecule has 2 saturated heterocycles. The molecule has 3 amide bonds. The van der Waals surface area contributed by atoms with E-state index in [-0.39, 0.29) is 37.7 Å². The Morgan fingerprint density at radius 3 is 2.28 bits per heavy atom. The van der Waals surface area contributed by atoms with Gasteiger partial charge in [0, 0.05) is 45.0 Å². The number of hydrogen-bond acceptors (Lipinski definition) is 8. The van der Waals surface area contributed by atoms with Gasteiger partial charge in [0.05, 0.1) is 12.3 Å². The quantitative estimate of drug-likeness (QED) is 0.404. The van der Waals surface area contributed by atoms with Crippen LogP contribution in [0.2, 0.25) is 0 Å². The van der Waals surface area contributed by atoms with Crippen molar-refractivity contribution in [3.8, 4) is 5.69 Å². The van der Waals surface area contributed by atoms with E-state index < -0.39 is 24.2 Å². The summed E-state index contributed by atoms with van der Waals surface area (Å²) in [5, 5.41) is 19.0. The van der Waals surface area contributed by atoms with Crippen molar-refractivity contribution in [2.75, 3.05) is 51.2 Å². The van der Waals surface area contributed by atoms with Crippen LogP contribution >= 0.6 is 0 Å². The van der Waals surface area contributed by atoms with Gasteiger partial charge in [-0.05, 0) is 49.7 Å². The van der Waals surface area contributed by atoms with Crippen LogP contribution in [0.25, 0.3) is 5.69 Å². The fourth-order valence-corrected chi connectivity index (χ4v) is 4.36. The summed E-state index contributed by atoms with van der Waals surface area (Å²) in [5.74, 6) is -0.395. The van der Waals surface area contributed by atoms with E-state index in [0.717, 1.165) is 38.0 Å². The van der Waals surface area contributed by atoms with Crippen LogP contribution in [0.5, 0.6) is 0 Å². The number of nitrogens with zero attached hydrogens (tertiary/aromatic N) is 5. The van der Waals surface area contributed by atoms with Crippen molar-refractivity contribution >= 4 is 23.5 Å². The molecule has 1 aromatic carbocycles. The van der Waals surface area contributed by atoms with Gasteiger partial charge in [0.2, 0.25) is 0 Å². The van der Waals surface area contributed by atoms with Crippen molar-refractivity contribution in [2.24, 2.45) is 5.73 Å². The molecule has 2 aliphatic heterocycles. The third kappa shape index (κ3) is 6.14. The van der Waals surface area contributed by atoms with E-state index in [1.165, 1.54) is 14.4 Å². The lowest BCUT2D eigenvalue weighted by molar-refractivity contribution is -0.125. The molecule has 2 aromatic rings. The SMILES string of the molecule is N=C(CO)C(=O)N1CCN(C(=O)Nc2ccn(-c3ccc(CN4CCC(N)CC4)cc3)c(=O)n2)CC1. The van der Waals surface area contributed by atoms with Crippen molar-refractivity contribution in [1.82, 2.24) is 24.3 Å². The predicted octanol–water partition coefficient (Wildman–Crippen LogP) is -0.156. The minimum atomic E-state index is -0.616. The van der Waals surface area contributed by atoms with E-state index in [2.05, 4.69) is 15.2 Å². The molecule has 2 aliphatic rings. The lowest BCUT2D eigenvalue weighted by atomic mass is 10.1. The minimum Gasteiger partial charge on any atom is -0.390 e. The van der Waals surface area contributed by atoms with Crippen LogP contribution < -0.4 is 16.7 Å². The van der Waals surface area contributed by atoms with E-state index in [1.807, 2.05) is 24.3 Å². The largest absolute Gasteiger partial charge is 0.390 e. The van der Waals surface area contributed by atoms with E-state index in [0.29, 0.717) is 11.7 Å². The van der Waals surface area contributed by atoms with Crippen molar-refractivity contribution in [1.29, 1.82) is 5.41 Å². The zero-order chi connectivity index (χ0) is 25.7. The second-order valence-electron chi connectivity index (χ2n) is 9.09. The molecule has 12 nitrogen and oxygen atoms in total. The molecule has 4 rings (SSSR count). The Hall–Kier alpha value is -3.61. The first kappa shape index (κ1) is 25.5. The number of nitrogens with two attached hydrogens (primary N) is 1. The standard InChI is InChI=1S/C24H32N8O4/c25-18-5-8-29(9-6-18)15-17-1-3-19(4-2-17)32-10-7-21(28-24(32)36)27-23(35)31-13-11-30(12-14-31)22(34)20(26)16-33/h1-4,7,10,18,26,33H,5-6,8-9,11-16,25H2,(H,27,28,35,36). The van der Waals surface area contributed by atoms with Crippen molar-refractivity contribution in [3.63, 3.8) is 0 Å². The van der Waals surface area contributed by atoms with Gasteiger partial charge in [-0.2, -0.15) is 4.98 Å². The Labute approximate surface area is 208 Å². The number of amides is 3. The number of hydrogen-bond donors (Lipinski definition) is 4. The average Bonchev–Trinajstić information content (AvgIpc) is 2.90. The molecule has 0 radical (unpaired) electrons. The third-order valence-corrected chi connectivity index (χ3v) is 6.56. The molecule has 0 spiro atoms. The molecule has 0 aliphatic carbocycles. The van der Waals surface area contributed by atoms with Crippen LogP contribution in [0.15, 0.2) is 41.3 Å². The minimum absolute atomic E-state index is 0.141. The fourth-order valence-electron chi connectivity index (χ4n) is 4.36. The van der Waals surface area contributed by atoms with E-state index >= 15 is 0 Å². The van der Waals surface area contributed by atoms with Crippen LogP contribution in [0.3, 0.4) is 0 Å². The number of aromatic nitrogens is 2. The summed E-state index contributed by atoms with van der Waals surface area (Å²) >= 11 is 0. The number of aliphatic hydroxyl groups is 1. The lowest BCUT2D eigenvalue weighted by Gasteiger charge is -2.34. The predicted molar refractivity (Wildman–Crippen MR) is 134 cm³/mol.